The van der Waals surface area contributed by atoms with Crippen molar-refractivity contribution in [3.63, 3.8) is 0 Å². The van der Waals surface area contributed by atoms with Crippen molar-refractivity contribution in [2.24, 2.45) is 4.99 Å². The van der Waals surface area contributed by atoms with Gasteiger partial charge >= 0.3 is 0 Å². The molecule has 0 spiro atoms. The van der Waals surface area contributed by atoms with Crippen LogP contribution in [0.25, 0.3) is 0 Å². The van der Waals surface area contributed by atoms with Gasteiger partial charge in [0, 0.05) is 6.21 Å². The number of thiocarbonyl (C=S) groups is 1. The smallest absolute Gasteiger partial charge is 0.200 e. The Hall–Kier alpha value is -1.42. The highest BCUT2D eigenvalue weighted by Gasteiger charge is 2.17. The molecule has 4 heteroatoms. The summed E-state index contributed by atoms with van der Waals surface area (Å²) in [6.07, 6.45) is 1.80. The van der Waals surface area contributed by atoms with Crippen molar-refractivity contribution in [2.45, 2.75) is 0 Å². The zero-order valence-corrected chi connectivity index (χ0v) is 8.62. The molecule has 0 atom stereocenters. The van der Waals surface area contributed by atoms with Crippen LogP contribution in [0.5, 0.6) is 5.75 Å². The summed E-state index contributed by atoms with van der Waals surface area (Å²) in [5.74, 6) is 0.820. The molecule has 0 radical (unpaired) electrons. The second-order valence-electron chi connectivity index (χ2n) is 2.88. The fraction of sp³-hybridized carbons (Fsp3) is 0.200. The van der Waals surface area contributed by atoms with Gasteiger partial charge in [-0.15, -0.1) is 0 Å². The fourth-order valence-electron chi connectivity index (χ4n) is 1.40. The molecule has 0 aromatic heterocycles. The van der Waals surface area contributed by atoms with Crippen LogP contribution in [0.3, 0.4) is 0 Å². The Morgan fingerprint density at radius 1 is 1.43 bits per heavy atom. The highest BCUT2D eigenvalue weighted by molar-refractivity contribution is 7.80. The summed E-state index contributed by atoms with van der Waals surface area (Å²) in [7, 11) is 1.65. The van der Waals surface area contributed by atoms with Gasteiger partial charge in [-0.3, -0.25) is 0 Å². The maximum atomic E-state index is 5.25. The Morgan fingerprint density at radius 3 is 2.86 bits per heavy atom. The van der Waals surface area contributed by atoms with E-state index in [1.807, 2.05) is 29.2 Å². The number of anilines is 1. The summed E-state index contributed by atoms with van der Waals surface area (Å²) >= 11 is 5.10. The van der Waals surface area contributed by atoms with Crippen molar-refractivity contribution in [3.05, 3.63) is 24.3 Å². The van der Waals surface area contributed by atoms with E-state index in [1.54, 1.807) is 13.3 Å². The third-order valence-corrected chi connectivity index (χ3v) is 2.40. The van der Waals surface area contributed by atoms with Crippen molar-refractivity contribution >= 4 is 29.2 Å². The number of hydrogen-bond acceptors (Lipinski definition) is 2. The first kappa shape index (κ1) is 9.15. The molecule has 3 nitrogen and oxygen atoms in total. The van der Waals surface area contributed by atoms with Crippen LogP contribution in [0.4, 0.5) is 5.69 Å². The van der Waals surface area contributed by atoms with E-state index in [0.717, 1.165) is 18.0 Å². The molecule has 72 valence electrons. The number of ether oxygens (including phenoxy) is 1. The molecule has 1 aromatic carbocycles. The van der Waals surface area contributed by atoms with E-state index in [0.29, 0.717) is 5.11 Å². The average molecular weight is 206 g/mol. The van der Waals surface area contributed by atoms with Crippen molar-refractivity contribution in [3.8, 4) is 5.75 Å². The van der Waals surface area contributed by atoms with Crippen molar-refractivity contribution in [1.29, 1.82) is 0 Å². The Bertz CT molecular complexity index is 389. The van der Waals surface area contributed by atoms with Crippen LogP contribution in [0.15, 0.2) is 29.3 Å². The lowest BCUT2D eigenvalue weighted by Crippen LogP contribution is -2.24. The van der Waals surface area contributed by atoms with Crippen LogP contribution < -0.4 is 9.64 Å². The second kappa shape index (κ2) is 3.75. The highest BCUT2D eigenvalue weighted by atomic mass is 32.1. The number of nitrogens with zero attached hydrogens (tertiary/aromatic N) is 2. The molecule has 0 bridgehead atoms. The molecule has 14 heavy (non-hydrogen) atoms. The van der Waals surface area contributed by atoms with E-state index in [1.165, 1.54) is 0 Å². The van der Waals surface area contributed by atoms with Gasteiger partial charge in [0.05, 0.1) is 19.3 Å². The first-order valence-electron chi connectivity index (χ1n) is 4.30. The van der Waals surface area contributed by atoms with Gasteiger partial charge < -0.3 is 9.64 Å². The molecular formula is C10H10N2OS. The lowest BCUT2D eigenvalue weighted by molar-refractivity contribution is 0.416. The molecule has 1 aliphatic heterocycles. The van der Waals surface area contributed by atoms with Gasteiger partial charge in [0.25, 0.3) is 0 Å². The van der Waals surface area contributed by atoms with Gasteiger partial charge in [-0.1, -0.05) is 12.1 Å². The largest absolute Gasteiger partial charge is 0.495 e. The number of para-hydroxylation sites is 2. The van der Waals surface area contributed by atoms with Gasteiger partial charge in [0.1, 0.15) is 5.75 Å². The maximum absolute atomic E-state index is 5.25. The molecule has 1 heterocycles. The molecule has 0 fully saturated rings. The first-order chi connectivity index (χ1) is 6.83. The SMILES string of the molecule is COc1ccccc1N1CC=NC1=S. The Balaban J connectivity index is 2.36. The summed E-state index contributed by atoms with van der Waals surface area (Å²) in [5, 5.41) is 0.592. The summed E-state index contributed by atoms with van der Waals surface area (Å²) < 4.78 is 5.25. The predicted octanol–water partition coefficient (Wildman–Crippen LogP) is 1.87. The van der Waals surface area contributed by atoms with Crippen LogP contribution >= 0.6 is 12.2 Å². The summed E-state index contributed by atoms with van der Waals surface area (Å²) in [6.45, 7) is 0.721. The number of hydrogen-bond donors (Lipinski definition) is 0. The third kappa shape index (κ3) is 1.48. The maximum Gasteiger partial charge on any atom is 0.200 e. The average Bonchev–Trinajstić information content (AvgIpc) is 2.64. The molecule has 0 saturated carbocycles. The van der Waals surface area contributed by atoms with Crippen molar-refractivity contribution in [1.82, 2.24) is 0 Å². The highest BCUT2D eigenvalue weighted by Crippen LogP contribution is 2.28. The Labute approximate surface area is 88.0 Å². The summed E-state index contributed by atoms with van der Waals surface area (Å²) in [4.78, 5) is 5.98. The van der Waals surface area contributed by atoms with Crippen LogP contribution in [0, 0.1) is 0 Å². The normalized spacial score (nSPS) is 14.9. The molecule has 1 aromatic rings. The van der Waals surface area contributed by atoms with E-state index in [9.17, 15) is 0 Å². The lowest BCUT2D eigenvalue weighted by atomic mass is 10.2. The number of methoxy groups -OCH3 is 1. The van der Waals surface area contributed by atoms with Gasteiger partial charge in [0.2, 0.25) is 0 Å². The topological polar surface area (TPSA) is 24.8 Å². The van der Waals surface area contributed by atoms with Gasteiger partial charge in [-0.25, -0.2) is 4.99 Å². The standard InChI is InChI=1S/C10H10N2OS/c1-13-9-5-3-2-4-8(9)12-7-6-11-10(12)14/h2-6H,7H2,1H3. The van der Waals surface area contributed by atoms with Crippen LogP contribution in [0.1, 0.15) is 0 Å². The van der Waals surface area contributed by atoms with Gasteiger partial charge in [0.15, 0.2) is 5.11 Å². The lowest BCUT2D eigenvalue weighted by Gasteiger charge is -2.18. The van der Waals surface area contributed by atoms with E-state index >= 15 is 0 Å². The minimum Gasteiger partial charge on any atom is -0.495 e. The molecule has 1 aliphatic rings. The Morgan fingerprint density at radius 2 is 2.21 bits per heavy atom. The minimum absolute atomic E-state index is 0.592. The molecule has 2 rings (SSSR count). The zero-order chi connectivity index (χ0) is 9.97. The number of aliphatic imine (C=N–C) groups is 1. The quantitative estimate of drug-likeness (QED) is 0.691. The summed E-state index contributed by atoms with van der Waals surface area (Å²) in [6, 6.07) is 7.77. The van der Waals surface area contributed by atoms with Crippen LogP contribution in [-0.4, -0.2) is 25.0 Å². The monoisotopic (exact) mass is 206 g/mol. The second-order valence-corrected chi connectivity index (χ2v) is 3.24. The zero-order valence-electron chi connectivity index (χ0n) is 7.80. The van der Waals surface area contributed by atoms with Crippen LogP contribution in [0.2, 0.25) is 0 Å². The number of rotatable bonds is 2. The first-order valence-corrected chi connectivity index (χ1v) is 4.71. The molecule has 0 aliphatic carbocycles. The molecule has 0 unspecified atom stereocenters. The minimum atomic E-state index is 0.592. The number of benzene rings is 1. The molecular weight excluding hydrogens is 196 g/mol. The molecule has 0 amide bonds. The van der Waals surface area contributed by atoms with E-state index in [-0.39, 0.29) is 0 Å². The Kier molecular flexibility index (Phi) is 2.45. The van der Waals surface area contributed by atoms with Crippen LogP contribution in [-0.2, 0) is 0 Å². The molecule has 0 saturated heterocycles. The molecule has 0 N–H and O–H groups in total. The van der Waals surface area contributed by atoms with Gasteiger partial charge in [-0.05, 0) is 24.4 Å². The fourth-order valence-corrected chi connectivity index (χ4v) is 1.65. The third-order valence-electron chi connectivity index (χ3n) is 2.07. The van der Waals surface area contributed by atoms with Crippen molar-refractivity contribution < 1.29 is 4.74 Å². The van der Waals surface area contributed by atoms with E-state index < -0.39 is 0 Å². The van der Waals surface area contributed by atoms with E-state index in [2.05, 4.69) is 4.99 Å². The van der Waals surface area contributed by atoms with Crippen molar-refractivity contribution in [2.75, 3.05) is 18.6 Å². The van der Waals surface area contributed by atoms with Gasteiger partial charge in [-0.2, -0.15) is 0 Å². The predicted molar refractivity (Wildman–Crippen MR) is 61.4 cm³/mol. The van der Waals surface area contributed by atoms with E-state index in [4.69, 9.17) is 17.0 Å². The summed E-state index contributed by atoms with van der Waals surface area (Å²) in [5.41, 5.74) is 0.970.